The first-order chi connectivity index (χ1) is 8.76. The van der Waals surface area contributed by atoms with Crippen LogP contribution in [0.15, 0.2) is 0 Å². The highest BCUT2D eigenvalue weighted by molar-refractivity contribution is 5.80. The number of carbonyl (C=O) groups is 1. The van der Waals surface area contributed by atoms with E-state index in [0.717, 1.165) is 23.3 Å². The Morgan fingerprint density at radius 2 is 1.67 bits per heavy atom. The van der Waals surface area contributed by atoms with Crippen LogP contribution in [0.3, 0.4) is 0 Å². The Hall–Kier alpha value is -1.91. The fourth-order valence-electron chi connectivity index (χ4n) is 2.56. The molecule has 2 aliphatic heterocycles. The molecule has 0 N–H and O–H groups in total. The van der Waals surface area contributed by atoms with E-state index in [1.165, 1.54) is 0 Å². The van der Waals surface area contributed by atoms with Gasteiger partial charge in [0, 0.05) is 17.5 Å². The SMILES string of the molecule is COc1c2c(c(OC)c3c1CCC(=O)O3)OCC2. The number of hydrogen-bond acceptors (Lipinski definition) is 5. The minimum Gasteiger partial charge on any atom is -0.496 e. The summed E-state index contributed by atoms with van der Waals surface area (Å²) in [4.78, 5) is 11.4. The summed E-state index contributed by atoms with van der Waals surface area (Å²) >= 11 is 0. The summed E-state index contributed by atoms with van der Waals surface area (Å²) in [7, 11) is 3.17. The molecule has 0 saturated heterocycles. The Morgan fingerprint density at radius 3 is 2.39 bits per heavy atom. The molecule has 0 amide bonds. The van der Waals surface area contributed by atoms with E-state index in [1.54, 1.807) is 14.2 Å². The number of ether oxygens (including phenoxy) is 4. The lowest BCUT2D eigenvalue weighted by Gasteiger charge is -2.23. The van der Waals surface area contributed by atoms with Gasteiger partial charge < -0.3 is 18.9 Å². The van der Waals surface area contributed by atoms with Crippen molar-refractivity contribution in [3.05, 3.63) is 11.1 Å². The normalized spacial score (nSPS) is 16.4. The molecule has 0 radical (unpaired) electrons. The standard InChI is InChI=1S/C13H14O5/c1-15-10-7-3-4-9(14)18-12(7)13(16-2)11-8(10)5-6-17-11/h3-6H2,1-2H3. The zero-order valence-electron chi connectivity index (χ0n) is 10.4. The van der Waals surface area contributed by atoms with Crippen LogP contribution in [-0.2, 0) is 17.6 Å². The van der Waals surface area contributed by atoms with E-state index >= 15 is 0 Å². The van der Waals surface area contributed by atoms with Gasteiger partial charge in [-0.25, -0.2) is 0 Å². The molecule has 0 unspecified atom stereocenters. The topological polar surface area (TPSA) is 54.0 Å². The largest absolute Gasteiger partial charge is 0.496 e. The van der Waals surface area contributed by atoms with E-state index in [1.807, 2.05) is 0 Å². The quantitative estimate of drug-likeness (QED) is 0.588. The summed E-state index contributed by atoms with van der Waals surface area (Å²) < 4.78 is 21.7. The van der Waals surface area contributed by atoms with Gasteiger partial charge in [-0.05, 0) is 6.42 Å². The molecule has 3 rings (SSSR count). The average molecular weight is 250 g/mol. The van der Waals surface area contributed by atoms with Crippen molar-refractivity contribution in [2.24, 2.45) is 0 Å². The summed E-state index contributed by atoms with van der Waals surface area (Å²) in [5, 5.41) is 0. The Morgan fingerprint density at radius 1 is 0.944 bits per heavy atom. The molecule has 0 fully saturated rings. The molecule has 1 aromatic rings. The van der Waals surface area contributed by atoms with E-state index < -0.39 is 0 Å². The number of benzene rings is 1. The van der Waals surface area contributed by atoms with Gasteiger partial charge >= 0.3 is 5.97 Å². The predicted molar refractivity (Wildman–Crippen MR) is 62.7 cm³/mol. The number of rotatable bonds is 2. The van der Waals surface area contributed by atoms with Crippen molar-refractivity contribution in [1.82, 2.24) is 0 Å². The predicted octanol–water partition coefficient (Wildman–Crippen LogP) is 1.49. The van der Waals surface area contributed by atoms with E-state index in [0.29, 0.717) is 36.7 Å². The molecule has 2 aliphatic rings. The third-order valence-corrected chi connectivity index (χ3v) is 3.31. The number of fused-ring (bicyclic) bond motifs is 2. The molecule has 0 aliphatic carbocycles. The lowest BCUT2D eigenvalue weighted by molar-refractivity contribution is -0.135. The van der Waals surface area contributed by atoms with Gasteiger partial charge in [0.15, 0.2) is 11.5 Å². The fourth-order valence-corrected chi connectivity index (χ4v) is 2.56. The smallest absolute Gasteiger partial charge is 0.311 e. The van der Waals surface area contributed by atoms with Gasteiger partial charge in [-0.15, -0.1) is 0 Å². The molecular formula is C13H14O5. The third kappa shape index (κ3) is 1.43. The first kappa shape index (κ1) is 11.2. The summed E-state index contributed by atoms with van der Waals surface area (Å²) in [6.07, 6.45) is 1.77. The van der Waals surface area contributed by atoms with Gasteiger partial charge in [-0.3, -0.25) is 4.79 Å². The van der Waals surface area contributed by atoms with Gasteiger partial charge in [0.05, 0.1) is 27.2 Å². The zero-order chi connectivity index (χ0) is 12.7. The van der Waals surface area contributed by atoms with Crippen LogP contribution in [0.2, 0.25) is 0 Å². The van der Waals surface area contributed by atoms with Crippen molar-refractivity contribution in [2.45, 2.75) is 19.3 Å². The second-order valence-corrected chi connectivity index (χ2v) is 4.25. The molecule has 0 aromatic heterocycles. The van der Waals surface area contributed by atoms with Crippen LogP contribution in [0.4, 0.5) is 0 Å². The van der Waals surface area contributed by atoms with Crippen molar-refractivity contribution in [1.29, 1.82) is 0 Å². The second-order valence-electron chi connectivity index (χ2n) is 4.25. The van der Waals surface area contributed by atoms with Crippen LogP contribution in [0.1, 0.15) is 17.5 Å². The van der Waals surface area contributed by atoms with Crippen molar-refractivity contribution in [2.75, 3.05) is 20.8 Å². The maximum atomic E-state index is 11.4. The highest BCUT2D eigenvalue weighted by Gasteiger charge is 2.33. The molecule has 0 saturated carbocycles. The Balaban J connectivity index is 2.27. The number of hydrogen-bond donors (Lipinski definition) is 0. The molecule has 1 aromatic carbocycles. The zero-order valence-corrected chi connectivity index (χ0v) is 10.4. The van der Waals surface area contributed by atoms with Crippen molar-refractivity contribution in [3.8, 4) is 23.0 Å². The summed E-state index contributed by atoms with van der Waals surface area (Å²) in [6, 6.07) is 0. The minimum absolute atomic E-state index is 0.249. The molecule has 5 heteroatoms. The van der Waals surface area contributed by atoms with Crippen LogP contribution in [0.5, 0.6) is 23.0 Å². The van der Waals surface area contributed by atoms with Gasteiger partial charge in [-0.2, -0.15) is 0 Å². The first-order valence-electron chi connectivity index (χ1n) is 5.89. The Labute approximate surface area is 105 Å². The second kappa shape index (κ2) is 4.08. The molecule has 96 valence electrons. The maximum absolute atomic E-state index is 11.4. The Kier molecular flexibility index (Phi) is 2.54. The number of carbonyl (C=O) groups excluding carboxylic acids is 1. The average Bonchev–Trinajstić information content (AvgIpc) is 2.84. The van der Waals surface area contributed by atoms with Gasteiger partial charge in [0.25, 0.3) is 0 Å². The molecule has 2 heterocycles. The van der Waals surface area contributed by atoms with Crippen LogP contribution in [0, 0.1) is 0 Å². The van der Waals surface area contributed by atoms with E-state index in [2.05, 4.69) is 0 Å². The maximum Gasteiger partial charge on any atom is 0.311 e. The van der Waals surface area contributed by atoms with Gasteiger partial charge in [0.1, 0.15) is 5.75 Å². The lowest BCUT2D eigenvalue weighted by Crippen LogP contribution is -2.18. The molecule has 0 bridgehead atoms. The number of methoxy groups -OCH3 is 2. The van der Waals surface area contributed by atoms with Crippen molar-refractivity contribution >= 4 is 5.97 Å². The lowest BCUT2D eigenvalue weighted by atomic mass is 9.98. The molecule has 0 atom stereocenters. The van der Waals surface area contributed by atoms with Crippen LogP contribution >= 0.6 is 0 Å². The van der Waals surface area contributed by atoms with Crippen LogP contribution in [-0.4, -0.2) is 26.8 Å². The van der Waals surface area contributed by atoms with Crippen molar-refractivity contribution in [3.63, 3.8) is 0 Å². The molecule has 5 nitrogen and oxygen atoms in total. The molecular weight excluding hydrogens is 236 g/mol. The monoisotopic (exact) mass is 250 g/mol. The number of esters is 1. The summed E-state index contributed by atoms with van der Waals surface area (Å²) in [5.41, 5.74) is 1.91. The van der Waals surface area contributed by atoms with Crippen molar-refractivity contribution < 1.29 is 23.7 Å². The Bertz CT molecular complexity index is 521. The van der Waals surface area contributed by atoms with E-state index in [9.17, 15) is 4.79 Å². The summed E-state index contributed by atoms with van der Waals surface area (Å²) in [5.74, 6) is 2.12. The van der Waals surface area contributed by atoms with Gasteiger partial charge in [0.2, 0.25) is 5.75 Å². The fraction of sp³-hybridized carbons (Fsp3) is 0.462. The molecule has 18 heavy (non-hydrogen) atoms. The molecule has 0 spiro atoms. The highest BCUT2D eigenvalue weighted by Crippen LogP contribution is 2.52. The highest BCUT2D eigenvalue weighted by atomic mass is 16.6. The van der Waals surface area contributed by atoms with Crippen LogP contribution < -0.4 is 18.9 Å². The van der Waals surface area contributed by atoms with E-state index in [-0.39, 0.29) is 5.97 Å². The minimum atomic E-state index is -0.249. The van der Waals surface area contributed by atoms with E-state index in [4.69, 9.17) is 18.9 Å². The summed E-state index contributed by atoms with van der Waals surface area (Å²) in [6.45, 7) is 0.596. The first-order valence-corrected chi connectivity index (χ1v) is 5.89. The van der Waals surface area contributed by atoms with Gasteiger partial charge in [-0.1, -0.05) is 0 Å². The van der Waals surface area contributed by atoms with Crippen LogP contribution in [0.25, 0.3) is 0 Å². The third-order valence-electron chi connectivity index (χ3n) is 3.31.